The first kappa shape index (κ1) is 19.1. The molecule has 0 aliphatic carbocycles. The van der Waals surface area contributed by atoms with Gasteiger partial charge in [0, 0.05) is 11.3 Å². The van der Waals surface area contributed by atoms with Crippen molar-refractivity contribution in [2.75, 3.05) is 10.0 Å². The van der Waals surface area contributed by atoms with Crippen LogP contribution in [-0.2, 0) is 10.0 Å². The van der Waals surface area contributed by atoms with E-state index in [0.29, 0.717) is 5.69 Å². The lowest BCUT2D eigenvalue weighted by Gasteiger charge is -2.11. The Hall–Kier alpha value is -3.63. The SMILES string of the molecule is Cc1ccccc1NC(=O)c1cccc(S(=O)(=O)Nc2ccccc2C#N)c1. The average molecular weight is 391 g/mol. The molecule has 3 rings (SSSR count). The lowest BCUT2D eigenvalue weighted by atomic mass is 10.1. The third-order valence-corrected chi connectivity index (χ3v) is 5.45. The van der Waals surface area contributed by atoms with Crippen LogP contribution in [0, 0.1) is 18.3 Å². The molecule has 0 bridgehead atoms. The first-order valence-corrected chi connectivity index (χ1v) is 9.88. The molecule has 0 aliphatic heterocycles. The molecule has 7 heteroatoms. The highest BCUT2D eigenvalue weighted by Gasteiger charge is 2.18. The number of nitrogens with one attached hydrogen (secondary N) is 2. The molecule has 6 nitrogen and oxygen atoms in total. The summed E-state index contributed by atoms with van der Waals surface area (Å²) in [5.41, 5.74) is 2.15. The minimum Gasteiger partial charge on any atom is -0.322 e. The monoisotopic (exact) mass is 391 g/mol. The Morgan fingerprint density at radius 1 is 0.929 bits per heavy atom. The van der Waals surface area contributed by atoms with Gasteiger partial charge in [-0.1, -0.05) is 36.4 Å². The van der Waals surface area contributed by atoms with Crippen LogP contribution in [0.25, 0.3) is 0 Å². The minimum absolute atomic E-state index is 0.0716. The second-order valence-corrected chi connectivity index (χ2v) is 7.74. The molecule has 0 heterocycles. The van der Waals surface area contributed by atoms with Crippen molar-refractivity contribution in [3.8, 4) is 6.07 Å². The zero-order valence-electron chi connectivity index (χ0n) is 15.0. The summed E-state index contributed by atoms with van der Waals surface area (Å²) < 4.78 is 27.8. The number of aryl methyl sites for hydroxylation is 1. The molecule has 3 aromatic carbocycles. The highest BCUT2D eigenvalue weighted by molar-refractivity contribution is 7.92. The van der Waals surface area contributed by atoms with Crippen LogP contribution >= 0.6 is 0 Å². The van der Waals surface area contributed by atoms with E-state index in [9.17, 15) is 13.2 Å². The van der Waals surface area contributed by atoms with Gasteiger partial charge in [0.1, 0.15) is 6.07 Å². The minimum atomic E-state index is -3.96. The van der Waals surface area contributed by atoms with Gasteiger partial charge < -0.3 is 5.32 Å². The van der Waals surface area contributed by atoms with E-state index in [1.165, 1.54) is 36.4 Å². The number of carbonyl (C=O) groups excluding carboxylic acids is 1. The van der Waals surface area contributed by atoms with Crippen LogP contribution in [-0.4, -0.2) is 14.3 Å². The fourth-order valence-corrected chi connectivity index (χ4v) is 3.71. The zero-order chi connectivity index (χ0) is 20.1. The fourth-order valence-electron chi connectivity index (χ4n) is 2.59. The van der Waals surface area contributed by atoms with Gasteiger partial charge >= 0.3 is 0 Å². The predicted molar refractivity (Wildman–Crippen MR) is 108 cm³/mol. The number of nitrogens with zero attached hydrogens (tertiary/aromatic N) is 1. The Morgan fingerprint density at radius 2 is 1.61 bits per heavy atom. The van der Waals surface area contributed by atoms with Gasteiger partial charge in [-0.05, 0) is 48.9 Å². The van der Waals surface area contributed by atoms with Crippen molar-refractivity contribution in [2.24, 2.45) is 0 Å². The third-order valence-electron chi connectivity index (χ3n) is 4.09. The molecule has 0 fully saturated rings. The largest absolute Gasteiger partial charge is 0.322 e. The molecule has 0 aliphatic rings. The van der Waals surface area contributed by atoms with Crippen LogP contribution in [0.4, 0.5) is 11.4 Å². The maximum absolute atomic E-state index is 12.7. The van der Waals surface area contributed by atoms with E-state index in [1.54, 1.807) is 24.3 Å². The van der Waals surface area contributed by atoms with Crippen molar-refractivity contribution < 1.29 is 13.2 Å². The van der Waals surface area contributed by atoms with E-state index in [1.807, 2.05) is 25.1 Å². The van der Waals surface area contributed by atoms with E-state index in [2.05, 4.69) is 10.0 Å². The van der Waals surface area contributed by atoms with Gasteiger partial charge in [0.2, 0.25) is 0 Å². The maximum atomic E-state index is 12.7. The molecular weight excluding hydrogens is 374 g/mol. The van der Waals surface area contributed by atoms with Crippen molar-refractivity contribution in [2.45, 2.75) is 11.8 Å². The lowest BCUT2D eigenvalue weighted by molar-refractivity contribution is 0.102. The molecule has 2 N–H and O–H groups in total. The predicted octanol–water partition coefficient (Wildman–Crippen LogP) is 3.92. The number of hydrogen-bond donors (Lipinski definition) is 2. The normalized spacial score (nSPS) is 10.7. The average Bonchev–Trinajstić information content (AvgIpc) is 2.70. The summed E-state index contributed by atoms with van der Waals surface area (Å²) in [6, 6.07) is 21.3. The molecule has 0 spiro atoms. The summed E-state index contributed by atoms with van der Waals surface area (Å²) in [6.45, 7) is 1.87. The van der Waals surface area contributed by atoms with Crippen molar-refractivity contribution in [3.63, 3.8) is 0 Å². The number of sulfonamides is 1. The Balaban J connectivity index is 1.87. The Labute approximate surface area is 163 Å². The number of carbonyl (C=O) groups is 1. The summed E-state index contributed by atoms with van der Waals surface area (Å²) in [5.74, 6) is -0.413. The van der Waals surface area contributed by atoms with Crippen LogP contribution in [0.5, 0.6) is 0 Å². The third kappa shape index (κ3) is 4.19. The second-order valence-electron chi connectivity index (χ2n) is 6.06. The molecule has 1 amide bonds. The number of nitriles is 1. The van der Waals surface area contributed by atoms with Crippen LogP contribution in [0.1, 0.15) is 21.5 Å². The summed E-state index contributed by atoms with van der Waals surface area (Å²) in [6.07, 6.45) is 0. The topological polar surface area (TPSA) is 99.1 Å². The number of para-hydroxylation sites is 2. The van der Waals surface area contributed by atoms with Gasteiger partial charge in [-0.15, -0.1) is 0 Å². The van der Waals surface area contributed by atoms with Gasteiger partial charge in [0.05, 0.1) is 16.1 Å². The van der Waals surface area contributed by atoms with E-state index >= 15 is 0 Å². The number of amides is 1. The lowest BCUT2D eigenvalue weighted by Crippen LogP contribution is -2.16. The smallest absolute Gasteiger partial charge is 0.261 e. The van der Waals surface area contributed by atoms with Crippen LogP contribution in [0.3, 0.4) is 0 Å². The fraction of sp³-hybridized carbons (Fsp3) is 0.0476. The van der Waals surface area contributed by atoms with Crippen molar-refractivity contribution in [1.82, 2.24) is 0 Å². The summed E-state index contributed by atoms with van der Waals surface area (Å²) in [4.78, 5) is 12.5. The van der Waals surface area contributed by atoms with E-state index in [-0.39, 0.29) is 21.7 Å². The van der Waals surface area contributed by atoms with E-state index in [4.69, 9.17) is 5.26 Å². The van der Waals surface area contributed by atoms with E-state index in [0.717, 1.165) is 5.56 Å². The van der Waals surface area contributed by atoms with Gasteiger partial charge in [0.15, 0.2) is 0 Å². The standard InChI is InChI=1S/C21H17N3O3S/c1-15-7-2-4-11-19(15)23-21(25)16-9-6-10-18(13-16)28(26,27)24-20-12-5-3-8-17(20)14-22/h2-13,24H,1H3,(H,23,25). The van der Waals surface area contributed by atoms with Gasteiger partial charge in [-0.25, -0.2) is 8.42 Å². The molecule has 3 aromatic rings. The van der Waals surface area contributed by atoms with Crippen molar-refractivity contribution >= 4 is 27.3 Å². The van der Waals surface area contributed by atoms with Crippen molar-refractivity contribution in [1.29, 1.82) is 5.26 Å². The molecule has 0 radical (unpaired) electrons. The Morgan fingerprint density at radius 3 is 2.32 bits per heavy atom. The molecule has 0 atom stereocenters. The quantitative estimate of drug-likeness (QED) is 0.688. The highest BCUT2D eigenvalue weighted by atomic mass is 32.2. The van der Waals surface area contributed by atoms with Crippen molar-refractivity contribution in [3.05, 3.63) is 89.5 Å². The number of hydrogen-bond acceptors (Lipinski definition) is 4. The van der Waals surface area contributed by atoms with Crippen LogP contribution in [0.2, 0.25) is 0 Å². The number of anilines is 2. The van der Waals surface area contributed by atoms with Gasteiger partial charge in [-0.3, -0.25) is 9.52 Å². The summed E-state index contributed by atoms with van der Waals surface area (Å²) >= 11 is 0. The maximum Gasteiger partial charge on any atom is 0.261 e. The highest BCUT2D eigenvalue weighted by Crippen LogP contribution is 2.21. The molecule has 0 saturated carbocycles. The molecule has 0 saturated heterocycles. The van der Waals surface area contributed by atoms with Crippen LogP contribution < -0.4 is 10.0 Å². The first-order chi connectivity index (χ1) is 13.4. The van der Waals surface area contributed by atoms with Gasteiger partial charge in [0.25, 0.3) is 15.9 Å². The second kappa shape index (κ2) is 7.94. The van der Waals surface area contributed by atoms with Crippen LogP contribution in [0.15, 0.2) is 77.7 Å². The summed E-state index contributed by atoms with van der Waals surface area (Å²) in [7, 11) is -3.96. The molecule has 28 heavy (non-hydrogen) atoms. The molecular formula is C21H17N3O3S. The number of rotatable bonds is 5. The Kier molecular flexibility index (Phi) is 5.43. The first-order valence-electron chi connectivity index (χ1n) is 8.40. The number of benzene rings is 3. The Bertz CT molecular complexity index is 1180. The molecule has 0 unspecified atom stereocenters. The van der Waals surface area contributed by atoms with Gasteiger partial charge in [-0.2, -0.15) is 5.26 Å². The summed E-state index contributed by atoms with van der Waals surface area (Å²) in [5, 5.41) is 11.9. The molecule has 0 aromatic heterocycles. The van der Waals surface area contributed by atoms with E-state index < -0.39 is 15.9 Å². The zero-order valence-corrected chi connectivity index (χ0v) is 15.8. The molecule has 140 valence electrons.